The average Bonchev–Trinajstić information content (AvgIpc) is 3.20. The van der Waals surface area contributed by atoms with Crippen molar-refractivity contribution in [3.05, 3.63) is 21.9 Å². The molecule has 1 aliphatic carbocycles. The van der Waals surface area contributed by atoms with Crippen molar-refractivity contribution in [2.24, 2.45) is 7.05 Å². The van der Waals surface area contributed by atoms with Crippen molar-refractivity contribution in [3.8, 4) is 0 Å². The molecule has 0 spiro atoms. The van der Waals surface area contributed by atoms with E-state index in [1.807, 2.05) is 0 Å². The number of esters is 1. The summed E-state index contributed by atoms with van der Waals surface area (Å²) in [4.78, 5) is 25.7. The standard InChI is InChI=1S/C13H16Cl2N2O3/c1-3-20-11(18)7-17(8-4-5-8)13(19)10-6-9(14)12(15)16(10)2/h6,8H,3-5,7H2,1-2H3. The molecular formula is C13H16Cl2N2O3. The van der Waals surface area contributed by atoms with Gasteiger partial charge in [0.1, 0.15) is 17.4 Å². The Labute approximate surface area is 127 Å². The van der Waals surface area contributed by atoms with E-state index in [9.17, 15) is 9.59 Å². The molecule has 1 heterocycles. The molecule has 5 nitrogen and oxygen atoms in total. The fourth-order valence-electron chi connectivity index (χ4n) is 1.99. The average molecular weight is 319 g/mol. The van der Waals surface area contributed by atoms with E-state index in [4.69, 9.17) is 27.9 Å². The summed E-state index contributed by atoms with van der Waals surface area (Å²) < 4.78 is 6.42. The van der Waals surface area contributed by atoms with Gasteiger partial charge in [0.05, 0.1) is 11.6 Å². The number of hydrogen-bond donors (Lipinski definition) is 0. The third-order valence-electron chi connectivity index (χ3n) is 3.19. The first kappa shape index (κ1) is 15.2. The number of halogens is 2. The van der Waals surface area contributed by atoms with Gasteiger partial charge in [-0.25, -0.2) is 0 Å². The van der Waals surface area contributed by atoms with E-state index in [0.717, 1.165) is 12.8 Å². The lowest BCUT2D eigenvalue weighted by atomic mass is 10.3. The number of nitrogens with zero attached hydrogens (tertiary/aromatic N) is 2. The zero-order valence-electron chi connectivity index (χ0n) is 11.4. The molecule has 1 aromatic rings. The lowest BCUT2D eigenvalue weighted by molar-refractivity contribution is -0.144. The van der Waals surface area contributed by atoms with Crippen LogP contribution in [0.1, 0.15) is 30.3 Å². The van der Waals surface area contributed by atoms with Crippen molar-refractivity contribution in [3.63, 3.8) is 0 Å². The van der Waals surface area contributed by atoms with E-state index >= 15 is 0 Å². The molecule has 1 aliphatic rings. The number of ether oxygens (including phenoxy) is 1. The number of carbonyl (C=O) groups excluding carboxylic acids is 2. The molecular weight excluding hydrogens is 303 g/mol. The van der Waals surface area contributed by atoms with Crippen molar-refractivity contribution >= 4 is 35.1 Å². The summed E-state index contributed by atoms with van der Waals surface area (Å²) in [5, 5.41) is 0.631. The second kappa shape index (κ2) is 6.06. The number of hydrogen-bond acceptors (Lipinski definition) is 3. The maximum atomic E-state index is 12.5. The van der Waals surface area contributed by atoms with Gasteiger partial charge in [0.2, 0.25) is 0 Å². The molecule has 1 aromatic heterocycles. The lowest BCUT2D eigenvalue weighted by Gasteiger charge is -2.21. The van der Waals surface area contributed by atoms with Gasteiger partial charge in [0.15, 0.2) is 0 Å². The number of aromatic nitrogens is 1. The van der Waals surface area contributed by atoms with Crippen LogP contribution in [-0.4, -0.2) is 40.5 Å². The quantitative estimate of drug-likeness (QED) is 0.784. The maximum Gasteiger partial charge on any atom is 0.325 e. The van der Waals surface area contributed by atoms with E-state index in [1.165, 1.54) is 15.5 Å². The summed E-state index contributed by atoms with van der Waals surface area (Å²) >= 11 is 11.9. The van der Waals surface area contributed by atoms with E-state index < -0.39 is 5.97 Å². The highest BCUT2D eigenvalue weighted by atomic mass is 35.5. The van der Waals surface area contributed by atoms with E-state index in [0.29, 0.717) is 22.5 Å². The Morgan fingerprint density at radius 2 is 2.10 bits per heavy atom. The first-order valence-electron chi connectivity index (χ1n) is 6.43. The van der Waals surface area contributed by atoms with Crippen molar-refractivity contribution in [2.75, 3.05) is 13.2 Å². The zero-order valence-corrected chi connectivity index (χ0v) is 12.9. The number of rotatable bonds is 5. The van der Waals surface area contributed by atoms with Gasteiger partial charge in [-0.15, -0.1) is 0 Å². The number of carbonyl (C=O) groups is 2. The van der Waals surface area contributed by atoms with E-state index in [1.54, 1.807) is 14.0 Å². The van der Waals surface area contributed by atoms with Crippen LogP contribution in [0.3, 0.4) is 0 Å². The van der Waals surface area contributed by atoms with Crippen LogP contribution < -0.4 is 0 Å². The summed E-state index contributed by atoms with van der Waals surface area (Å²) in [6, 6.07) is 1.62. The van der Waals surface area contributed by atoms with Crippen molar-refractivity contribution in [2.45, 2.75) is 25.8 Å². The van der Waals surface area contributed by atoms with Crippen LogP contribution in [0.5, 0.6) is 0 Å². The molecule has 0 aromatic carbocycles. The Bertz CT molecular complexity index is 538. The predicted octanol–water partition coefficient (Wildman–Crippen LogP) is 2.50. The molecule has 0 saturated heterocycles. The minimum Gasteiger partial charge on any atom is -0.465 e. The smallest absolute Gasteiger partial charge is 0.325 e. The molecule has 20 heavy (non-hydrogen) atoms. The number of amides is 1. The van der Waals surface area contributed by atoms with Crippen molar-refractivity contribution in [1.29, 1.82) is 0 Å². The van der Waals surface area contributed by atoms with Gasteiger partial charge in [-0.05, 0) is 25.8 Å². The monoisotopic (exact) mass is 318 g/mol. The third-order valence-corrected chi connectivity index (χ3v) is 4.03. The Hall–Kier alpha value is -1.20. The van der Waals surface area contributed by atoms with Gasteiger partial charge in [0.25, 0.3) is 5.91 Å². The SMILES string of the molecule is CCOC(=O)CN(C(=O)c1cc(Cl)c(Cl)n1C)C1CC1. The molecule has 0 atom stereocenters. The van der Waals surface area contributed by atoms with Gasteiger partial charge < -0.3 is 14.2 Å². The molecule has 2 rings (SSSR count). The van der Waals surface area contributed by atoms with E-state index in [2.05, 4.69) is 0 Å². The third kappa shape index (κ3) is 3.10. The molecule has 7 heteroatoms. The van der Waals surface area contributed by atoms with Crippen LogP contribution in [0, 0.1) is 0 Å². The Morgan fingerprint density at radius 3 is 2.55 bits per heavy atom. The Morgan fingerprint density at radius 1 is 1.45 bits per heavy atom. The largest absolute Gasteiger partial charge is 0.465 e. The molecule has 0 aliphatic heterocycles. The summed E-state index contributed by atoms with van der Waals surface area (Å²) in [6.07, 6.45) is 1.80. The lowest BCUT2D eigenvalue weighted by Crippen LogP contribution is -2.39. The highest BCUT2D eigenvalue weighted by Gasteiger charge is 2.36. The predicted molar refractivity (Wildman–Crippen MR) is 76.1 cm³/mol. The first-order chi connectivity index (χ1) is 9.45. The molecule has 0 radical (unpaired) electrons. The van der Waals surface area contributed by atoms with Crippen LogP contribution >= 0.6 is 23.2 Å². The maximum absolute atomic E-state index is 12.5. The van der Waals surface area contributed by atoms with Crippen LogP contribution in [0.2, 0.25) is 10.2 Å². The van der Waals surface area contributed by atoms with Crippen molar-refractivity contribution < 1.29 is 14.3 Å². The van der Waals surface area contributed by atoms with Gasteiger partial charge >= 0.3 is 5.97 Å². The van der Waals surface area contributed by atoms with Crippen LogP contribution in [-0.2, 0) is 16.6 Å². The Balaban J connectivity index is 2.18. The van der Waals surface area contributed by atoms with Crippen LogP contribution in [0.4, 0.5) is 0 Å². The highest BCUT2D eigenvalue weighted by Crippen LogP contribution is 2.31. The summed E-state index contributed by atoms with van der Waals surface area (Å²) in [5.74, 6) is -0.656. The van der Waals surface area contributed by atoms with Gasteiger partial charge in [-0.3, -0.25) is 9.59 Å². The zero-order chi connectivity index (χ0) is 14.9. The van der Waals surface area contributed by atoms with Crippen LogP contribution in [0.15, 0.2) is 6.07 Å². The summed E-state index contributed by atoms with van der Waals surface area (Å²) in [5.41, 5.74) is 0.371. The van der Waals surface area contributed by atoms with Crippen LogP contribution in [0.25, 0.3) is 0 Å². The Kier molecular flexibility index (Phi) is 4.60. The van der Waals surface area contributed by atoms with Gasteiger partial charge in [-0.2, -0.15) is 0 Å². The van der Waals surface area contributed by atoms with Gasteiger partial charge in [-0.1, -0.05) is 23.2 Å². The molecule has 110 valence electrons. The topological polar surface area (TPSA) is 51.5 Å². The minimum atomic E-state index is -0.404. The summed E-state index contributed by atoms with van der Waals surface area (Å²) in [7, 11) is 1.66. The molecule has 1 amide bonds. The molecule has 1 saturated carbocycles. The second-order valence-corrected chi connectivity index (χ2v) is 5.46. The molecule has 1 fully saturated rings. The normalized spacial score (nSPS) is 14.2. The van der Waals surface area contributed by atoms with Gasteiger partial charge in [0, 0.05) is 13.1 Å². The fraction of sp³-hybridized carbons (Fsp3) is 0.538. The second-order valence-electron chi connectivity index (χ2n) is 4.70. The highest BCUT2D eigenvalue weighted by molar-refractivity contribution is 6.41. The molecule has 0 N–H and O–H groups in total. The summed E-state index contributed by atoms with van der Waals surface area (Å²) in [6.45, 7) is 1.99. The first-order valence-corrected chi connectivity index (χ1v) is 7.18. The molecule has 0 bridgehead atoms. The molecule has 0 unspecified atom stereocenters. The van der Waals surface area contributed by atoms with Crippen molar-refractivity contribution in [1.82, 2.24) is 9.47 Å². The minimum absolute atomic E-state index is 0.0439. The fourth-order valence-corrected chi connectivity index (χ4v) is 2.37. The van der Waals surface area contributed by atoms with E-state index in [-0.39, 0.29) is 18.5 Å².